The van der Waals surface area contributed by atoms with Crippen LogP contribution < -0.4 is 11.1 Å². The summed E-state index contributed by atoms with van der Waals surface area (Å²) >= 11 is 0. The highest BCUT2D eigenvalue weighted by Gasteiger charge is 2.25. The summed E-state index contributed by atoms with van der Waals surface area (Å²) in [4.78, 5) is 0. The Hall–Kier alpha value is -0.560. The van der Waals surface area contributed by atoms with Gasteiger partial charge in [-0.15, -0.1) is 6.42 Å². The number of hydrogen-bond acceptors (Lipinski definition) is 3. The molecule has 0 radical (unpaired) electrons. The van der Waals surface area contributed by atoms with E-state index in [1.54, 1.807) is 0 Å². The lowest BCUT2D eigenvalue weighted by Crippen LogP contribution is -2.47. The molecule has 1 aliphatic rings. The number of rotatable bonds is 6. The van der Waals surface area contributed by atoms with Gasteiger partial charge in [-0.05, 0) is 12.8 Å². The Morgan fingerprint density at radius 2 is 2.47 bits per heavy atom. The van der Waals surface area contributed by atoms with Gasteiger partial charge in [0.2, 0.25) is 0 Å². The fourth-order valence-electron chi connectivity index (χ4n) is 2.03. The summed E-state index contributed by atoms with van der Waals surface area (Å²) in [6.07, 6.45) is 8.68. The number of hydrogen-bond donors (Lipinski definition) is 2. The fraction of sp³-hybridized carbons (Fsp3) is 0.833. The van der Waals surface area contributed by atoms with E-state index in [2.05, 4.69) is 18.2 Å². The van der Waals surface area contributed by atoms with Gasteiger partial charge in [0.25, 0.3) is 0 Å². The molecule has 0 saturated carbocycles. The number of terminal acetylenes is 1. The van der Waals surface area contributed by atoms with Crippen molar-refractivity contribution in [3.63, 3.8) is 0 Å². The lowest BCUT2D eigenvalue weighted by molar-refractivity contribution is 0.176. The van der Waals surface area contributed by atoms with E-state index in [4.69, 9.17) is 16.9 Å². The van der Waals surface area contributed by atoms with Gasteiger partial charge in [0, 0.05) is 25.1 Å². The topological polar surface area (TPSA) is 47.3 Å². The first-order valence-corrected chi connectivity index (χ1v) is 5.81. The quantitative estimate of drug-likeness (QED) is 0.636. The number of nitrogens with one attached hydrogen (secondary N) is 1. The van der Waals surface area contributed by atoms with Crippen LogP contribution in [0.1, 0.15) is 26.2 Å². The average Bonchev–Trinajstić information content (AvgIpc) is 2.77. The molecule has 1 fully saturated rings. The van der Waals surface area contributed by atoms with Crippen LogP contribution >= 0.6 is 0 Å². The van der Waals surface area contributed by atoms with E-state index in [0.29, 0.717) is 18.5 Å². The van der Waals surface area contributed by atoms with Crippen LogP contribution in [-0.4, -0.2) is 31.8 Å². The molecule has 1 aliphatic heterocycles. The molecule has 15 heavy (non-hydrogen) atoms. The standard InChI is InChI=1S/C12H22N2O/c1-3-5-11(4-2)14-12(8-13)10-6-7-15-9-10/h2,10-12,14H,3,5-9,13H2,1H3. The molecular formula is C12H22N2O. The third-order valence-electron chi connectivity index (χ3n) is 2.98. The molecule has 0 spiro atoms. The Bertz CT molecular complexity index is 206. The Labute approximate surface area is 92.8 Å². The maximum atomic E-state index is 5.77. The molecule has 0 aliphatic carbocycles. The van der Waals surface area contributed by atoms with Crippen LogP contribution in [0.5, 0.6) is 0 Å². The molecule has 0 aromatic heterocycles. The van der Waals surface area contributed by atoms with Crippen LogP contribution in [0, 0.1) is 18.3 Å². The second-order valence-electron chi connectivity index (χ2n) is 4.14. The summed E-state index contributed by atoms with van der Waals surface area (Å²) in [5.41, 5.74) is 5.77. The van der Waals surface area contributed by atoms with Crippen LogP contribution in [0.4, 0.5) is 0 Å². The van der Waals surface area contributed by atoms with Gasteiger partial charge in [-0.2, -0.15) is 0 Å². The smallest absolute Gasteiger partial charge is 0.0689 e. The van der Waals surface area contributed by atoms with E-state index in [9.17, 15) is 0 Å². The molecule has 0 bridgehead atoms. The van der Waals surface area contributed by atoms with E-state index in [1.165, 1.54) is 0 Å². The van der Waals surface area contributed by atoms with E-state index in [-0.39, 0.29) is 6.04 Å². The summed E-state index contributed by atoms with van der Waals surface area (Å²) < 4.78 is 5.37. The zero-order valence-corrected chi connectivity index (χ0v) is 9.54. The molecule has 1 saturated heterocycles. The molecule has 1 heterocycles. The van der Waals surface area contributed by atoms with Crippen molar-refractivity contribution in [2.45, 2.75) is 38.3 Å². The number of nitrogens with two attached hydrogens (primary N) is 1. The maximum Gasteiger partial charge on any atom is 0.0689 e. The second-order valence-corrected chi connectivity index (χ2v) is 4.14. The van der Waals surface area contributed by atoms with E-state index < -0.39 is 0 Å². The van der Waals surface area contributed by atoms with Gasteiger partial charge >= 0.3 is 0 Å². The van der Waals surface area contributed by atoms with Crippen molar-refractivity contribution in [3.8, 4) is 12.3 Å². The Balaban J connectivity index is 2.40. The Morgan fingerprint density at radius 1 is 1.67 bits per heavy atom. The van der Waals surface area contributed by atoms with Gasteiger partial charge in [0.1, 0.15) is 0 Å². The second kappa shape index (κ2) is 6.84. The largest absolute Gasteiger partial charge is 0.381 e. The lowest BCUT2D eigenvalue weighted by atomic mass is 9.97. The van der Waals surface area contributed by atoms with Crippen molar-refractivity contribution < 1.29 is 4.74 Å². The Kier molecular flexibility index (Phi) is 5.70. The molecule has 3 nitrogen and oxygen atoms in total. The minimum atomic E-state index is 0.157. The first-order chi connectivity index (χ1) is 7.31. The first-order valence-electron chi connectivity index (χ1n) is 5.81. The summed E-state index contributed by atoms with van der Waals surface area (Å²) in [6.45, 7) is 4.45. The van der Waals surface area contributed by atoms with E-state index >= 15 is 0 Å². The molecular weight excluding hydrogens is 188 g/mol. The van der Waals surface area contributed by atoms with Crippen molar-refractivity contribution in [2.24, 2.45) is 11.7 Å². The third-order valence-corrected chi connectivity index (χ3v) is 2.98. The first kappa shape index (κ1) is 12.5. The highest BCUT2D eigenvalue weighted by molar-refractivity contribution is 5.00. The van der Waals surface area contributed by atoms with Crippen molar-refractivity contribution in [1.29, 1.82) is 0 Å². The van der Waals surface area contributed by atoms with Crippen LogP contribution in [0.25, 0.3) is 0 Å². The fourth-order valence-corrected chi connectivity index (χ4v) is 2.03. The molecule has 0 amide bonds. The molecule has 0 aromatic carbocycles. The zero-order chi connectivity index (χ0) is 11.1. The normalized spacial score (nSPS) is 24.7. The SMILES string of the molecule is C#CC(CCC)NC(CN)C1CCOC1. The summed E-state index contributed by atoms with van der Waals surface area (Å²) in [6, 6.07) is 0.462. The van der Waals surface area contributed by atoms with Gasteiger partial charge in [-0.1, -0.05) is 19.3 Å². The summed E-state index contributed by atoms with van der Waals surface area (Å²) in [5.74, 6) is 3.31. The molecule has 1 rings (SSSR count). The van der Waals surface area contributed by atoms with Gasteiger partial charge < -0.3 is 10.5 Å². The average molecular weight is 210 g/mol. The molecule has 86 valence electrons. The lowest BCUT2D eigenvalue weighted by Gasteiger charge is -2.25. The van der Waals surface area contributed by atoms with Gasteiger partial charge in [0.15, 0.2) is 0 Å². The molecule has 3 unspecified atom stereocenters. The van der Waals surface area contributed by atoms with E-state index in [0.717, 1.165) is 32.5 Å². The highest BCUT2D eigenvalue weighted by atomic mass is 16.5. The van der Waals surface area contributed by atoms with Crippen molar-refractivity contribution in [3.05, 3.63) is 0 Å². The van der Waals surface area contributed by atoms with E-state index in [1.807, 2.05) is 0 Å². The van der Waals surface area contributed by atoms with Crippen LogP contribution in [-0.2, 0) is 4.74 Å². The molecule has 3 heteroatoms. The molecule has 0 aromatic rings. The minimum Gasteiger partial charge on any atom is -0.381 e. The molecule has 3 atom stereocenters. The van der Waals surface area contributed by atoms with Gasteiger partial charge in [-0.3, -0.25) is 5.32 Å². The van der Waals surface area contributed by atoms with Crippen molar-refractivity contribution >= 4 is 0 Å². The summed E-state index contributed by atoms with van der Waals surface area (Å²) in [5, 5.41) is 3.46. The predicted molar refractivity (Wildman–Crippen MR) is 62.4 cm³/mol. The van der Waals surface area contributed by atoms with Crippen LogP contribution in [0.2, 0.25) is 0 Å². The van der Waals surface area contributed by atoms with Crippen molar-refractivity contribution in [2.75, 3.05) is 19.8 Å². The zero-order valence-electron chi connectivity index (χ0n) is 9.54. The van der Waals surface area contributed by atoms with Crippen molar-refractivity contribution in [1.82, 2.24) is 5.32 Å². The number of ether oxygens (including phenoxy) is 1. The highest BCUT2D eigenvalue weighted by Crippen LogP contribution is 2.17. The monoisotopic (exact) mass is 210 g/mol. The van der Waals surface area contributed by atoms with Crippen LogP contribution in [0.15, 0.2) is 0 Å². The molecule has 3 N–H and O–H groups in total. The third kappa shape index (κ3) is 3.83. The summed E-state index contributed by atoms with van der Waals surface area (Å²) in [7, 11) is 0. The predicted octanol–water partition coefficient (Wildman–Crippen LogP) is 0.742. The Morgan fingerprint density at radius 3 is 2.93 bits per heavy atom. The maximum absolute atomic E-state index is 5.77. The van der Waals surface area contributed by atoms with Gasteiger partial charge in [0.05, 0.1) is 12.6 Å². The van der Waals surface area contributed by atoms with Crippen LogP contribution in [0.3, 0.4) is 0 Å². The van der Waals surface area contributed by atoms with Gasteiger partial charge in [-0.25, -0.2) is 0 Å². The minimum absolute atomic E-state index is 0.157.